The quantitative estimate of drug-likeness (QED) is 0.586. The molecule has 2 N–H and O–H groups in total. The van der Waals surface area contributed by atoms with Crippen LogP contribution in [0.25, 0.3) is 0 Å². The van der Waals surface area contributed by atoms with Crippen molar-refractivity contribution in [3.8, 4) is 0 Å². The average molecular weight is 390 g/mol. The molecule has 0 amide bonds. The lowest BCUT2D eigenvalue weighted by atomic mass is 10.1. The van der Waals surface area contributed by atoms with Gasteiger partial charge < -0.3 is 10.6 Å². The van der Waals surface area contributed by atoms with Gasteiger partial charge in [-0.15, -0.1) is 11.3 Å². The summed E-state index contributed by atoms with van der Waals surface area (Å²) in [6, 6.07) is 0.324. The molecular weight excluding hydrogens is 358 g/mol. The normalized spacial score (nSPS) is 17.3. The van der Waals surface area contributed by atoms with E-state index in [4.69, 9.17) is 4.99 Å². The van der Waals surface area contributed by atoms with Crippen LogP contribution in [0.3, 0.4) is 0 Å². The van der Waals surface area contributed by atoms with Gasteiger partial charge in [0.25, 0.3) is 0 Å². The van der Waals surface area contributed by atoms with Crippen LogP contribution in [0.1, 0.15) is 60.3 Å². The zero-order chi connectivity index (χ0) is 19.4. The number of aromatic nitrogens is 4. The SMILES string of the molecule is CCNC(=NCCc1sc(C)nc1C)NC1CCc2nc(C(C)C)nn2C1. The number of fused-ring (bicyclic) bond motifs is 1. The van der Waals surface area contributed by atoms with Crippen LogP contribution < -0.4 is 10.6 Å². The fourth-order valence-electron chi connectivity index (χ4n) is 3.28. The Morgan fingerprint density at radius 2 is 2.15 bits per heavy atom. The molecule has 1 aliphatic rings. The molecule has 0 aliphatic carbocycles. The minimum atomic E-state index is 0.324. The Hall–Kier alpha value is -1.96. The third-order valence-electron chi connectivity index (χ3n) is 4.68. The van der Waals surface area contributed by atoms with Crippen LogP contribution in [0.5, 0.6) is 0 Å². The van der Waals surface area contributed by atoms with Crippen LogP contribution in [0, 0.1) is 13.8 Å². The summed E-state index contributed by atoms with van der Waals surface area (Å²) in [5, 5.41) is 12.7. The number of aryl methyl sites for hydroxylation is 3. The van der Waals surface area contributed by atoms with E-state index in [-0.39, 0.29) is 0 Å². The predicted molar refractivity (Wildman–Crippen MR) is 111 cm³/mol. The first-order valence-electron chi connectivity index (χ1n) is 9.87. The molecule has 0 fully saturated rings. The zero-order valence-corrected chi connectivity index (χ0v) is 17.9. The Balaban J connectivity index is 1.59. The number of rotatable bonds is 6. The molecule has 1 aliphatic heterocycles. The summed E-state index contributed by atoms with van der Waals surface area (Å²) >= 11 is 1.77. The third-order valence-corrected chi connectivity index (χ3v) is 5.82. The van der Waals surface area contributed by atoms with Gasteiger partial charge in [0, 0.05) is 42.8 Å². The number of nitrogens with zero attached hydrogens (tertiary/aromatic N) is 5. The number of hydrogen-bond acceptors (Lipinski definition) is 5. The highest BCUT2D eigenvalue weighted by molar-refractivity contribution is 7.11. The number of thiazole rings is 1. The van der Waals surface area contributed by atoms with Crippen molar-refractivity contribution in [3.63, 3.8) is 0 Å². The second-order valence-corrected chi connectivity index (χ2v) is 8.64. The molecule has 0 spiro atoms. The van der Waals surface area contributed by atoms with Crippen LogP contribution >= 0.6 is 11.3 Å². The molecule has 8 heteroatoms. The first-order valence-corrected chi connectivity index (χ1v) is 10.7. The Labute approximate surface area is 165 Å². The van der Waals surface area contributed by atoms with Crippen molar-refractivity contribution in [2.45, 2.75) is 72.4 Å². The molecule has 1 atom stereocenters. The average Bonchev–Trinajstić information content (AvgIpc) is 3.17. The third kappa shape index (κ3) is 5.06. The molecule has 0 saturated carbocycles. The topological polar surface area (TPSA) is 80.0 Å². The summed E-state index contributed by atoms with van der Waals surface area (Å²) < 4.78 is 2.06. The van der Waals surface area contributed by atoms with E-state index in [9.17, 15) is 0 Å². The van der Waals surface area contributed by atoms with Crippen molar-refractivity contribution in [1.82, 2.24) is 30.4 Å². The van der Waals surface area contributed by atoms with E-state index >= 15 is 0 Å². The predicted octanol–water partition coefficient (Wildman–Crippen LogP) is 2.59. The van der Waals surface area contributed by atoms with Crippen LogP contribution in [0.4, 0.5) is 0 Å². The van der Waals surface area contributed by atoms with Crippen molar-refractivity contribution in [2.24, 2.45) is 4.99 Å². The van der Waals surface area contributed by atoms with Gasteiger partial charge in [0.1, 0.15) is 5.82 Å². The lowest BCUT2D eigenvalue weighted by Crippen LogP contribution is -2.47. The largest absolute Gasteiger partial charge is 0.357 e. The Kier molecular flexibility index (Phi) is 6.46. The van der Waals surface area contributed by atoms with Gasteiger partial charge in [-0.05, 0) is 27.2 Å². The second-order valence-electron chi connectivity index (χ2n) is 7.36. The molecule has 27 heavy (non-hydrogen) atoms. The highest BCUT2D eigenvalue weighted by Gasteiger charge is 2.23. The van der Waals surface area contributed by atoms with E-state index in [2.05, 4.69) is 65.0 Å². The van der Waals surface area contributed by atoms with Gasteiger partial charge in [0.15, 0.2) is 11.8 Å². The molecule has 1 unspecified atom stereocenters. The first-order chi connectivity index (χ1) is 13.0. The Bertz CT molecular complexity index is 790. The standard InChI is InChI=1S/C19H31N7S/c1-6-20-19(21-10-9-16-13(4)22-14(5)27-16)23-15-7-8-17-24-18(12(2)3)25-26(17)11-15/h12,15H,6-11H2,1-5H3,(H2,20,21,23). The van der Waals surface area contributed by atoms with Crippen LogP contribution in [-0.4, -0.2) is 44.8 Å². The number of nitrogens with one attached hydrogen (secondary N) is 2. The van der Waals surface area contributed by atoms with E-state index in [0.29, 0.717) is 12.0 Å². The van der Waals surface area contributed by atoms with E-state index in [1.54, 1.807) is 11.3 Å². The van der Waals surface area contributed by atoms with Gasteiger partial charge in [0.2, 0.25) is 0 Å². The summed E-state index contributed by atoms with van der Waals surface area (Å²) in [7, 11) is 0. The van der Waals surface area contributed by atoms with Gasteiger partial charge >= 0.3 is 0 Å². The fourth-order valence-corrected chi connectivity index (χ4v) is 4.20. The maximum atomic E-state index is 4.77. The molecule has 148 valence electrons. The van der Waals surface area contributed by atoms with Crippen LogP contribution in [0.15, 0.2) is 4.99 Å². The van der Waals surface area contributed by atoms with Crippen molar-refractivity contribution in [2.75, 3.05) is 13.1 Å². The molecule has 3 rings (SSSR count). The molecule has 0 aromatic carbocycles. The smallest absolute Gasteiger partial charge is 0.191 e. The highest BCUT2D eigenvalue weighted by Crippen LogP contribution is 2.18. The molecule has 0 bridgehead atoms. The maximum absolute atomic E-state index is 4.77. The van der Waals surface area contributed by atoms with Crippen LogP contribution in [-0.2, 0) is 19.4 Å². The monoisotopic (exact) mass is 389 g/mol. The maximum Gasteiger partial charge on any atom is 0.191 e. The van der Waals surface area contributed by atoms with Crippen molar-refractivity contribution < 1.29 is 0 Å². The molecule has 2 aromatic heterocycles. The van der Waals surface area contributed by atoms with Crippen LogP contribution in [0.2, 0.25) is 0 Å². The highest BCUT2D eigenvalue weighted by atomic mass is 32.1. The first kappa shape index (κ1) is 19.8. The molecule has 3 heterocycles. The van der Waals surface area contributed by atoms with Gasteiger partial charge in [0.05, 0.1) is 17.2 Å². The van der Waals surface area contributed by atoms with E-state index < -0.39 is 0 Å². The van der Waals surface area contributed by atoms with Gasteiger partial charge in [-0.3, -0.25) is 4.99 Å². The Morgan fingerprint density at radius 3 is 2.81 bits per heavy atom. The van der Waals surface area contributed by atoms with Gasteiger partial charge in [-0.25, -0.2) is 14.6 Å². The summed E-state index contributed by atoms with van der Waals surface area (Å²) in [5.74, 6) is 3.30. The summed E-state index contributed by atoms with van der Waals surface area (Å²) in [5.41, 5.74) is 1.14. The summed E-state index contributed by atoms with van der Waals surface area (Å²) in [4.78, 5) is 15.3. The lowest BCUT2D eigenvalue weighted by Gasteiger charge is -2.25. The Morgan fingerprint density at radius 1 is 1.33 bits per heavy atom. The lowest BCUT2D eigenvalue weighted by molar-refractivity contribution is 0.391. The number of aliphatic imine (C=N–C) groups is 1. The molecule has 2 aromatic rings. The number of hydrogen-bond donors (Lipinski definition) is 2. The summed E-state index contributed by atoms with van der Waals surface area (Å²) in [6.07, 6.45) is 2.94. The van der Waals surface area contributed by atoms with E-state index in [0.717, 1.165) is 67.2 Å². The molecular formula is C19H31N7S. The second kappa shape index (κ2) is 8.82. The number of guanidine groups is 1. The van der Waals surface area contributed by atoms with E-state index in [1.807, 2.05) is 0 Å². The summed E-state index contributed by atoms with van der Waals surface area (Å²) in [6.45, 7) is 13.0. The molecule has 0 saturated heterocycles. The minimum absolute atomic E-state index is 0.324. The van der Waals surface area contributed by atoms with E-state index in [1.165, 1.54) is 4.88 Å². The minimum Gasteiger partial charge on any atom is -0.357 e. The molecule has 0 radical (unpaired) electrons. The van der Waals surface area contributed by atoms with Gasteiger partial charge in [-0.2, -0.15) is 5.10 Å². The van der Waals surface area contributed by atoms with Crippen molar-refractivity contribution in [3.05, 3.63) is 27.2 Å². The molecule has 7 nitrogen and oxygen atoms in total. The van der Waals surface area contributed by atoms with Gasteiger partial charge in [-0.1, -0.05) is 13.8 Å². The fraction of sp³-hybridized carbons (Fsp3) is 0.684. The van der Waals surface area contributed by atoms with Crippen molar-refractivity contribution >= 4 is 17.3 Å². The zero-order valence-electron chi connectivity index (χ0n) is 17.0. The van der Waals surface area contributed by atoms with Crippen molar-refractivity contribution in [1.29, 1.82) is 0 Å².